The maximum Gasteiger partial charge on any atom is 0.325 e. The molecule has 19 heavy (non-hydrogen) atoms. The Labute approximate surface area is 119 Å². The molecule has 2 N–H and O–H groups in total. The van der Waals surface area contributed by atoms with E-state index in [4.69, 9.17) is 17.0 Å². The number of rotatable bonds is 5. The van der Waals surface area contributed by atoms with E-state index in [1.165, 1.54) is 11.1 Å². The predicted octanol–water partition coefficient (Wildman–Crippen LogP) is 1.83. The average molecular weight is 280 g/mol. The predicted molar refractivity (Wildman–Crippen MR) is 80.0 cm³/mol. The molecule has 4 nitrogen and oxygen atoms in total. The zero-order valence-electron chi connectivity index (χ0n) is 11.6. The minimum Gasteiger partial charge on any atom is -0.465 e. The highest BCUT2D eigenvalue weighted by Gasteiger charge is 2.03. The van der Waals surface area contributed by atoms with Crippen LogP contribution in [0.3, 0.4) is 0 Å². The van der Waals surface area contributed by atoms with Crippen LogP contribution in [0.4, 0.5) is 0 Å². The number of benzene rings is 1. The number of nitrogens with one attached hydrogen (secondary N) is 2. The quantitative estimate of drug-likeness (QED) is 0.636. The second-order valence-corrected chi connectivity index (χ2v) is 4.67. The van der Waals surface area contributed by atoms with Gasteiger partial charge in [0, 0.05) is 6.54 Å². The molecule has 5 heteroatoms. The van der Waals surface area contributed by atoms with E-state index in [2.05, 4.69) is 42.7 Å². The third-order valence-electron chi connectivity index (χ3n) is 2.72. The highest BCUT2D eigenvalue weighted by atomic mass is 32.1. The zero-order chi connectivity index (χ0) is 14.3. The second-order valence-electron chi connectivity index (χ2n) is 4.26. The minimum absolute atomic E-state index is 0.0899. The Morgan fingerprint density at radius 3 is 2.63 bits per heavy atom. The molecule has 0 radical (unpaired) electrons. The standard InChI is InChI=1S/C14H20N2O2S/c1-4-18-13(17)9-16-14(19)15-8-12-6-5-10(2)11(3)7-12/h5-7H,4,8-9H2,1-3H3,(H2,15,16,19). The summed E-state index contributed by atoms with van der Waals surface area (Å²) in [5.74, 6) is -0.308. The van der Waals surface area contributed by atoms with E-state index in [9.17, 15) is 4.79 Å². The van der Waals surface area contributed by atoms with Gasteiger partial charge in [-0.25, -0.2) is 0 Å². The van der Waals surface area contributed by atoms with Crippen molar-refractivity contribution in [3.63, 3.8) is 0 Å². The number of esters is 1. The van der Waals surface area contributed by atoms with Crippen molar-refractivity contribution >= 4 is 23.3 Å². The van der Waals surface area contributed by atoms with Crippen LogP contribution in [-0.4, -0.2) is 24.2 Å². The molecule has 104 valence electrons. The molecule has 0 aliphatic rings. The van der Waals surface area contributed by atoms with E-state index in [1.54, 1.807) is 6.92 Å². The van der Waals surface area contributed by atoms with Gasteiger partial charge in [0.15, 0.2) is 5.11 Å². The number of thiocarbonyl (C=S) groups is 1. The van der Waals surface area contributed by atoms with E-state index < -0.39 is 0 Å². The fourth-order valence-electron chi connectivity index (χ4n) is 1.52. The SMILES string of the molecule is CCOC(=O)CNC(=S)NCc1ccc(C)c(C)c1. The Hall–Kier alpha value is -1.62. The number of hydrogen-bond donors (Lipinski definition) is 2. The van der Waals surface area contributed by atoms with Gasteiger partial charge in [-0.3, -0.25) is 4.79 Å². The summed E-state index contributed by atoms with van der Waals surface area (Å²) < 4.78 is 4.80. The Bertz CT molecular complexity index is 461. The lowest BCUT2D eigenvalue weighted by atomic mass is 10.1. The van der Waals surface area contributed by atoms with Crippen LogP contribution in [0.5, 0.6) is 0 Å². The number of carbonyl (C=O) groups is 1. The van der Waals surface area contributed by atoms with Crippen LogP contribution in [0.25, 0.3) is 0 Å². The van der Waals surface area contributed by atoms with Crippen molar-refractivity contribution in [2.75, 3.05) is 13.2 Å². The maximum absolute atomic E-state index is 11.1. The highest BCUT2D eigenvalue weighted by molar-refractivity contribution is 7.80. The third-order valence-corrected chi connectivity index (χ3v) is 3.01. The second kappa shape index (κ2) is 7.74. The van der Waals surface area contributed by atoms with E-state index in [1.807, 2.05) is 0 Å². The molecule has 0 spiro atoms. The largest absolute Gasteiger partial charge is 0.465 e. The molecule has 0 unspecified atom stereocenters. The first-order valence-electron chi connectivity index (χ1n) is 6.26. The molecule has 1 aromatic rings. The van der Waals surface area contributed by atoms with E-state index in [-0.39, 0.29) is 12.5 Å². The summed E-state index contributed by atoms with van der Waals surface area (Å²) in [5.41, 5.74) is 3.68. The summed E-state index contributed by atoms with van der Waals surface area (Å²) >= 11 is 5.08. The Kier molecular flexibility index (Phi) is 6.29. The van der Waals surface area contributed by atoms with Gasteiger partial charge in [-0.05, 0) is 49.7 Å². The molecule has 1 rings (SSSR count). The van der Waals surface area contributed by atoms with Gasteiger partial charge in [-0.15, -0.1) is 0 Å². The zero-order valence-corrected chi connectivity index (χ0v) is 12.4. The van der Waals surface area contributed by atoms with Crippen molar-refractivity contribution in [1.82, 2.24) is 10.6 Å². The smallest absolute Gasteiger partial charge is 0.325 e. The van der Waals surface area contributed by atoms with Gasteiger partial charge >= 0.3 is 5.97 Å². The molecular formula is C14H20N2O2S. The molecule has 0 atom stereocenters. The summed E-state index contributed by atoms with van der Waals surface area (Å²) in [7, 11) is 0. The first-order chi connectivity index (χ1) is 9.02. The molecular weight excluding hydrogens is 260 g/mol. The van der Waals surface area contributed by atoms with E-state index in [0.717, 1.165) is 5.56 Å². The summed E-state index contributed by atoms with van der Waals surface area (Å²) in [6.45, 7) is 7.04. The number of carbonyl (C=O) groups excluding carboxylic acids is 1. The minimum atomic E-state index is -0.308. The van der Waals surface area contributed by atoms with Crippen LogP contribution < -0.4 is 10.6 Å². The number of aryl methyl sites for hydroxylation is 2. The van der Waals surface area contributed by atoms with Crippen molar-refractivity contribution in [2.45, 2.75) is 27.3 Å². The molecule has 0 saturated carbocycles. The first-order valence-corrected chi connectivity index (χ1v) is 6.67. The van der Waals surface area contributed by atoms with Crippen LogP contribution in [0.1, 0.15) is 23.6 Å². The molecule has 0 aromatic heterocycles. The van der Waals surface area contributed by atoms with Gasteiger partial charge in [0.05, 0.1) is 6.61 Å². The van der Waals surface area contributed by atoms with E-state index >= 15 is 0 Å². The van der Waals surface area contributed by atoms with Crippen LogP contribution in [-0.2, 0) is 16.1 Å². The van der Waals surface area contributed by atoms with Gasteiger partial charge < -0.3 is 15.4 Å². The lowest BCUT2D eigenvalue weighted by molar-refractivity contribution is -0.141. The van der Waals surface area contributed by atoms with Crippen molar-refractivity contribution in [3.8, 4) is 0 Å². The average Bonchev–Trinajstić information content (AvgIpc) is 2.38. The lowest BCUT2D eigenvalue weighted by Crippen LogP contribution is -2.38. The van der Waals surface area contributed by atoms with Gasteiger partial charge in [-0.1, -0.05) is 18.2 Å². The van der Waals surface area contributed by atoms with Crippen molar-refractivity contribution in [1.29, 1.82) is 0 Å². The van der Waals surface area contributed by atoms with Crippen molar-refractivity contribution in [3.05, 3.63) is 34.9 Å². The normalized spacial score (nSPS) is 9.84. The van der Waals surface area contributed by atoms with Gasteiger partial charge in [0.25, 0.3) is 0 Å². The molecule has 0 fully saturated rings. The van der Waals surface area contributed by atoms with Gasteiger partial charge in [0.1, 0.15) is 6.54 Å². The molecule has 0 aliphatic heterocycles. The van der Waals surface area contributed by atoms with Crippen molar-refractivity contribution in [2.24, 2.45) is 0 Å². The monoisotopic (exact) mass is 280 g/mol. The van der Waals surface area contributed by atoms with Gasteiger partial charge in [0.2, 0.25) is 0 Å². The Morgan fingerprint density at radius 1 is 1.26 bits per heavy atom. The van der Waals surface area contributed by atoms with Crippen LogP contribution in [0, 0.1) is 13.8 Å². The summed E-state index contributed by atoms with van der Waals surface area (Å²) in [5, 5.41) is 6.32. The number of ether oxygens (including phenoxy) is 1. The van der Waals surface area contributed by atoms with Crippen LogP contribution in [0.2, 0.25) is 0 Å². The lowest BCUT2D eigenvalue weighted by Gasteiger charge is -2.11. The summed E-state index contributed by atoms with van der Waals surface area (Å²) in [6.07, 6.45) is 0. The van der Waals surface area contributed by atoms with Crippen molar-refractivity contribution < 1.29 is 9.53 Å². The molecule has 0 bridgehead atoms. The van der Waals surface area contributed by atoms with E-state index in [0.29, 0.717) is 18.3 Å². The first kappa shape index (κ1) is 15.4. The molecule has 0 saturated heterocycles. The summed E-state index contributed by atoms with van der Waals surface area (Å²) in [4.78, 5) is 11.1. The molecule has 0 heterocycles. The fraction of sp³-hybridized carbons (Fsp3) is 0.429. The molecule has 1 aromatic carbocycles. The van der Waals surface area contributed by atoms with Crippen LogP contribution >= 0.6 is 12.2 Å². The van der Waals surface area contributed by atoms with Gasteiger partial charge in [-0.2, -0.15) is 0 Å². The third kappa shape index (κ3) is 5.70. The molecule has 0 amide bonds. The highest BCUT2D eigenvalue weighted by Crippen LogP contribution is 2.09. The Morgan fingerprint density at radius 2 is 2.00 bits per heavy atom. The van der Waals surface area contributed by atoms with Crippen LogP contribution in [0.15, 0.2) is 18.2 Å². The molecule has 0 aliphatic carbocycles. The Balaban J connectivity index is 2.33. The maximum atomic E-state index is 11.1. The number of hydrogen-bond acceptors (Lipinski definition) is 3. The topological polar surface area (TPSA) is 50.4 Å². The summed E-state index contributed by atoms with van der Waals surface area (Å²) in [6, 6.07) is 6.26. The fourth-order valence-corrected chi connectivity index (χ4v) is 1.67.